The van der Waals surface area contributed by atoms with E-state index in [0.29, 0.717) is 0 Å². The summed E-state index contributed by atoms with van der Waals surface area (Å²) < 4.78 is 0. The lowest BCUT2D eigenvalue weighted by Crippen LogP contribution is -1.75. The van der Waals surface area contributed by atoms with E-state index in [1.54, 1.807) is 0 Å². The van der Waals surface area contributed by atoms with Crippen LogP contribution in [0.15, 0.2) is 36.5 Å². The van der Waals surface area contributed by atoms with Crippen molar-refractivity contribution in [1.29, 1.82) is 0 Å². The molecule has 0 atom stereocenters. The van der Waals surface area contributed by atoms with Crippen molar-refractivity contribution in [3.63, 3.8) is 0 Å². The predicted molar refractivity (Wildman–Crippen MR) is 75.7 cm³/mol. The molecule has 0 N–H and O–H groups in total. The highest BCUT2D eigenvalue weighted by Crippen LogP contribution is 2.05. The first kappa shape index (κ1) is 15.2. The van der Waals surface area contributed by atoms with Crippen LogP contribution in [0, 0.1) is 0 Å². The molecule has 0 saturated heterocycles. The van der Waals surface area contributed by atoms with Crippen molar-refractivity contribution in [2.45, 2.75) is 65.2 Å². The minimum atomic E-state index is 1.07. The number of allylic oxidation sites excluding steroid dienone is 6. The highest BCUT2D eigenvalue weighted by molar-refractivity contribution is 4.96. The zero-order valence-corrected chi connectivity index (χ0v) is 11.1. The molecule has 0 rings (SSSR count). The Morgan fingerprint density at radius 1 is 0.688 bits per heavy atom. The van der Waals surface area contributed by atoms with Gasteiger partial charge in [-0.05, 0) is 32.6 Å². The van der Waals surface area contributed by atoms with E-state index in [1.807, 2.05) is 0 Å². The summed E-state index contributed by atoms with van der Waals surface area (Å²) >= 11 is 0. The Labute approximate surface area is 102 Å². The minimum absolute atomic E-state index is 1.07. The van der Waals surface area contributed by atoms with Gasteiger partial charge < -0.3 is 0 Å². The third-order valence-electron chi connectivity index (χ3n) is 2.59. The summed E-state index contributed by atoms with van der Waals surface area (Å²) in [6, 6.07) is 0. The van der Waals surface area contributed by atoms with Crippen LogP contribution >= 0.6 is 0 Å². The Morgan fingerprint density at radius 2 is 1.31 bits per heavy atom. The molecule has 0 amide bonds. The molecule has 0 aromatic carbocycles. The van der Waals surface area contributed by atoms with Crippen molar-refractivity contribution in [1.82, 2.24) is 0 Å². The molecule has 0 saturated carbocycles. The number of hydrogen-bond donors (Lipinski definition) is 0. The van der Waals surface area contributed by atoms with Gasteiger partial charge in [-0.15, -0.1) is 0 Å². The SMILES string of the molecule is C/C=C/C/C=C/C/C=C/CCCCCCC. The van der Waals surface area contributed by atoms with E-state index in [0.717, 1.165) is 12.8 Å². The molecule has 0 fully saturated rings. The topological polar surface area (TPSA) is 0 Å². The van der Waals surface area contributed by atoms with Crippen LogP contribution in [-0.4, -0.2) is 0 Å². The lowest BCUT2D eigenvalue weighted by molar-refractivity contribution is 0.637. The first-order valence-electron chi connectivity index (χ1n) is 6.83. The maximum atomic E-state index is 2.33. The molecule has 0 aliphatic rings. The van der Waals surface area contributed by atoms with Gasteiger partial charge in [0.25, 0.3) is 0 Å². The maximum Gasteiger partial charge on any atom is -0.0169 e. The zero-order valence-electron chi connectivity index (χ0n) is 11.1. The Hall–Kier alpha value is -0.780. The van der Waals surface area contributed by atoms with Gasteiger partial charge in [0.05, 0.1) is 0 Å². The average Bonchev–Trinajstić information content (AvgIpc) is 2.31. The number of hydrogen-bond acceptors (Lipinski definition) is 0. The Balaban J connectivity index is 3.18. The molecule has 0 aromatic rings. The monoisotopic (exact) mass is 220 g/mol. The van der Waals surface area contributed by atoms with Gasteiger partial charge >= 0.3 is 0 Å². The van der Waals surface area contributed by atoms with Crippen LogP contribution in [-0.2, 0) is 0 Å². The fraction of sp³-hybridized carbons (Fsp3) is 0.625. The van der Waals surface area contributed by atoms with E-state index in [4.69, 9.17) is 0 Å². The van der Waals surface area contributed by atoms with Crippen molar-refractivity contribution < 1.29 is 0 Å². The predicted octanol–water partition coefficient (Wildman–Crippen LogP) is 5.82. The number of unbranched alkanes of at least 4 members (excludes halogenated alkanes) is 5. The van der Waals surface area contributed by atoms with Crippen LogP contribution in [0.4, 0.5) is 0 Å². The van der Waals surface area contributed by atoms with Crippen LogP contribution in [0.2, 0.25) is 0 Å². The van der Waals surface area contributed by atoms with Crippen LogP contribution in [0.3, 0.4) is 0 Å². The molecule has 0 heterocycles. The van der Waals surface area contributed by atoms with Crippen molar-refractivity contribution in [3.05, 3.63) is 36.5 Å². The molecule has 0 aromatic heterocycles. The van der Waals surface area contributed by atoms with Crippen molar-refractivity contribution >= 4 is 0 Å². The lowest BCUT2D eigenvalue weighted by atomic mass is 10.1. The second-order valence-electron chi connectivity index (χ2n) is 4.19. The third-order valence-corrected chi connectivity index (χ3v) is 2.59. The standard InChI is InChI=1S/C16H28/c1-3-5-7-9-11-13-15-16-14-12-10-8-6-4-2/h3,5,9,11,15-16H,4,6-8,10,12-14H2,1-2H3/b5-3+,11-9+,16-15+. The fourth-order valence-corrected chi connectivity index (χ4v) is 1.57. The van der Waals surface area contributed by atoms with Gasteiger partial charge in [-0.2, -0.15) is 0 Å². The Morgan fingerprint density at radius 3 is 2.00 bits per heavy atom. The van der Waals surface area contributed by atoms with Gasteiger partial charge in [0, 0.05) is 0 Å². The summed E-state index contributed by atoms with van der Waals surface area (Å²) in [5.41, 5.74) is 0. The lowest BCUT2D eigenvalue weighted by Gasteiger charge is -1.95. The van der Waals surface area contributed by atoms with E-state index in [2.05, 4.69) is 50.3 Å². The minimum Gasteiger partial charge on any atom is -0.0914 e. The maximum absolute atomic E-state index is 2.33. The van der Waals surface area contributed by atoms with Gasteiger partial charge in [-0.3, -0.25) is 0 Å². The summed E-state index contributed by atoms with van der Waals surface area (Å²) in [6.07, 6.45) is 23.7. The summed E-state index contributed by atoms with van der Waals surface area (Å²) in [7, 11) is 0. The smallest absolute Gasteiger partial charge is 0.0169 e. The van der Waals surface area contributed by atoms with Crippen molar-refractivity contribution in [2.75, 3.05) is 0 Å². The fourth-order valence-electron chi connectivity index (χ4n) is 1.57. The molecule has 0 nitrogen and oxygen atoms in total. The highest BCUT2D eigenvalue weighted by Gasteiger charge is 1.85. The molecule has 16 heavy (non-hydrogen) atoms. The van der Waals surface area contributed by atoms with Crippen LogP contribution < -0.4 is 0 Å². The molecule has 92 valence electrons. The van der Waals surface area contributed by atoms with E-state index in [1.165, 1.54) is 38.5 Å². The number of rotatable bonds is 10. The van der Waals surface area contributed by atoms with Crippen LogP contribution in [0.25, 0.3) is 0 Å². The third kappa shape index (κ3) is 13.2. The normalized spacial score (nSPS) is 12.4. The van der Waals surface area contributed by atoms with E-state index in [-0.39, 0.29) is 0 Å². The van der Waals surface area contributed by atoms with Gasteiger partial charge in [0.1, 0.15) is 0 Å². The molecular formula is C16H28. The summed E-state index contributed by atoms with van der Waals surface area (Å²) in [4.78, 5) is 0. The molecule has 0 bridgehead atoms. The first-order chi connectivity index (χ1) is 7.91. The molecule has 0 aliphatic carbocycles. The van der Waals surface area contributed by atoms with E-state index in [9.17, 15) is 0 Å². The van der Waals surface area contributed by atoms with Gasteiger partial charge in [-0.1, -0.05) is 69.1 Å². The molecule has 0 aliphatic heterocycles. The summed E-state index contributed by atoms with van der Waals surface area (Å²) in [6.45, 7) is 4.33. The summed E-state index contributed by atoms with van der Waals surface area (Å²) in [5, 5.41) is 0. The van der Waals surface area contributed by atoms with Gasteiger partial charge in [-0.25, -0.2) is 0 Å². The average molecular weight is 220 g/mol. The van der Waals surface area contributed by atoms with Crippen molar-refractivity contribution in [2.24, 2.45) is 0 Å². The second kappa shape index (κ2) is 14.2. The van der Waals surface area contributed by atoms with Crippen LogP contribution in [0.5, 0.6) is 0 Å². The second-order valence-corrected chi connectivity index (χ2v) is 4.19. The molecular weight excluding hydrogens is 192 g/mol. The highest BCUT2D eigenvalue weighted by atomic mass is 13.9. The Kier molecular flexibility index (Phi) is 13.5. The Bertz CT molecular complexity index is 196. The van der Waals surface area contributed by atoms with E-state index < -0.39 is 0 Å². The quantitative estimate of drug-likeness (QED) is 0.321. The largest absolute Gasteiger partial charge is 0.0914 e. The van der Waals surface area contributed by atoms with Crippen LogP contribution in [0.1, 0.15) is 65.2 Å². The summed E-state index contributed by atoms with van der Waals surface area (Å²) in [5.74, 6) is 0. The molecule has 0 heteroatoms. The molecule has 0 spiro atoms. The molecule has 0 radical (unpaired) electrons. The first-order valence-corrected chi connectivity index (χ1v) is 6.83. The van der Waals surface area contributed by atoms with Gasteiger partial charge in [0.15, 0.2) is 0 Å². The van der Waals surface area contributed by atoms with Crippen molar-refractivity contribution in [3.8, 4) is 0 Å². The van der Waals surface area contributed by atoms with E-state index >= 15 is 0 Å². The molecule has 0 unspecified atom stereocenters. The zero-order chi connectivity index (χ0) is 11.9. The van der Waals surface area contributed by atoms with Gasteiger partial charge in [0.2, 0.25) is 0 Å².